The molecule has 276 valence electrons. The van der Waals surface area contributed by atoms with Gasteiger partial charge in [-0.25, -0.2) is 4.79 Å². The highest BCUT2D eigenvalue weighted by Crippen LogP contribution is 2.42. The van der Waals surface area contributed by atoms with Crippen molar-refractivity contribution in [3.05, 3.63) is 98.3 Å². The third kappa shape index (κ3) is 12.8. The Morgan fingerprint density at radius 3 is 2.35 bits per heavy atom. The molecule has 15 heteroatoms. The Kier molecular flexibility index (Phi) is 16.1. The van der Waals surface area contributed by atoms with Gasteiger partial charge in [0, 0.05) is 44.0 Å². The van der Waals surface area contributed by atoms with Gasteiger partial charge in [0.2, 0.25) is 5.91 Å². The highest BCUT2D eigenvalue weighted by molar-refractivity contribution is 7.46. The topological polar surface area (TPSA) is 189 Å². The van der Waals surface area contributed by atoms with Crippen molar-refractivity contribution in [1.82, 2.24) is 20.2 Å². The first-order chi connectivity index (χ1) is 25.2. The van der Waals surface area contributed by atoms with E-state index in [0.717, 1.165) is 36.9 Å². The number of aromatic nitrogens is 2. The Bertz CT molecular complexity index is 1830. The van der Waals surface area contributed by atoms with E-state index in [2.05, 4.69) is 25.8 Å². The number of ether oxygens (including phenoxy) is 1. The maximum atomic E-state index is 12.7. The van der Waals surface area contributed by atoms with Crippen LogP contribution < -0.4 is 21.9 Å². The second kappa shape index (κ2) is 20.9. The monoisotopic (exact) mass is 731 g/mol. The Labute approximate surface area is 304 Å². The van der Waals surface area contributed by atoms with Gasteiger partial charge < -0.3 is 24.4 Å². The molecule has 2 aromatic carbocycles. The quantitative estimate of drug-likeness (QED) is 0.0551. The molecule has 0 saturated carbocycles. The molecular weight excluding hydrogens is 685 g/mol. The first-order valence-corrected chi connectivity index (χ1v) is 19.0. The number of aryl methyl sites for hydroxylation is 1. The van der Waals surface area contributed by atoms with Crippen LogP contribution in [0.5, 0.6) is 0 Å². The zero-order chi connectivity index (χ0) is 37.3. The van der Waals surface area contributed by atoms with Crippen LogP contribution in [0.4, 0.5) is 11.4 Å². The van der Waals surface area contributed by atoms with Gasteiger partial charge in [-0.1, -0.05) is 37.5 Å². The van der Waals surface area contributed by atoms with Gasteiger partial charge in [-0.05, 0) is 68.7 Å². The zero-order valence-electron chi connectivity index (χ0n) is 29.7. The van der Waals surface area contributed by atoms with Crippen LogP contribution >= 0.6 is 8.38 Å². The van der Waals surface area contributed by atoms with Crippen LogP contribution in [0.3, 0.4) is 0 Å². The van der Waals surface area contributed by atoms with Crippen LogP contribution in [0.1, 0.15) is 79.6 Å². The summed E-state index contributed by atoms with van der Waals surface area (Å²) in [5, 5.41) is 22.9. The molecule has 14 nitrogen and oxygen atoms in total. The van der Waals surface area contributed by atoms with E-state index in [-0.39, 0.29) is 42.6 Å². The second-order valence-corrected chi connectivity index (χ2v) is 13.6. The lowest BCUT2D eigenvalue weighted by Crippen LogP contribution is -2.33. The summed E-state index contributed by atoms with van der Waals surface area (Å²) in [6.07, 6.45) is 7.30. The molecule has 0 spiro atoms. The number of carbonyl (C=O) groups excluding carboxylic acids is 2. The fraction of sp³-hybridized carbons (Fsp3) is 0.432. The van der Waals surface area contributed by atoms with Gasteiger partial charge in [0.05, 0.1) is 48.2 Å². The van der Waals surface area contributed by atoms with E-state index in [1.54, 1.807) is 30.9 Å². The van der Waals surface area contributed by atoms with Crippen LogP contribution in [0.25, 0.3) is 6.08 Å². The summed E-state index contributed by atoms with van der Waals surface area (Å²) in [6.45, 7) is 7.03. The minimum Gasteiger partial charge on any atom is -0.353 e. The van der Waals surface area contributed by atoms with E-state index in [0.29, 0.717) is 37.2 Å². The van der Waals surface area contributed by atoms with Crippen molar-refractivity contribution in [3.8, 4) is 6.07 Å². The smallest absolute Gasteiger partial charge is 0.330 e. The van der Waals surface area contributed by atoms with Gasteiger partial charge in [0.15, 0.2) is 8.38 Å². The summed E-state index contributed by atoms with van der Waals surface area (Å²) in [5.41, 5.74) is 2.02. The predicted molar refractivity (Wildman–Crippen MR) is 199 cm³/mol. The summed E-state index contributed by atoms with van der Waals surface area (Å²) in [4.78, 5) is 52.4. The van der Waals surface area contributed by atoms with Crippen LogP contribution in [0, 0.1) is 18.3 Å². The molecule has 1 aliphatic rings. The summed E-state index contributed by atoms with van der Waals surface area (Å²) >= 11 is 0. The van der Waals surface area contributed by atoms with Crippen molar-refractivity contribution in [2.45, 2.75) is 77.2 Å². The van der Waals surface area contributed by atoms with Crippen molar-refractivity contribution < 1.29 is 23.4 Å². The summed E-state index contributed by atoms with van der Waals surface area (Å²) in [7, 11) is -1.24. The van der Waals surface area contributed by atoms with Crippen molar-refractivity contribution in [3.63, 3.8) is 0 Å². The molecule has 52 heavy (non-hydrogen) atoms. The summed E-state index contributed by atoms with van der Waals surface area (Å²) in [6, 6.07) is 16.7. The number of rotatable bonds is 19. The molecule has 0 aliphatic carbocycles. The van der Waals surface area contributed by atoms with Gasteiger partial charge >= 0.3 is 5.69 Å². The van der Waals surface area contributed by atoms with Gasteiger partial charge in [0.1, 0.15) is 6.23 Å². The van der Waals surface area contributed by atoms with Gasteiger partial charge in [-0.2, -0.15) is 15.5 Å². The minimum absolute atomic E-state index is 0.134. The molecule has 1 aliphatic heterocycles. The number of H-pyrrole nitrogens is 1. The van der Waals surface area contributed by atoms with Crippen molar-refractivity contribution >= 4 is 37.6 Å². The Hall–Kier alpha value is -4.80. The normalized spacial score (nSPS) is 17.7. The van der Waals surface area contributed by atoms with E-state index in [4.69, 9.17) is 19.0 Å². The van der Waals surface area contributed by atoms with E-state index >= 15 is 0 Å². The average Bonchev–Trinajstić information content (AvgIpc) is 3.54. The average molecular weight is 732 g/mol. The lowest BCUT2D eigenvalue weighted by atomic mass is 10.1. The summed E-state index contributed by atoms with van der Waals surface area (Å²) < 4.78 is 19.0. The van der Waals surface area contributed by atoms with E-state index in [1.165, 1.54) is 22.9 Å². The first kappa shape index (κ1) is 40.0. The van der Waals surface area contributed by atoms with E-state index in [9.17, 15) is 19.2 Å². The van der Waals surface area contributed by atoms with E-state index in [1.807, 2.05) is 44.2 Å². The Balaban J connectivity index is 1.13. The van der Waals surface area contributed by atoms with Gasteiger partial charge in [0.25, 0.3) is 11.5 Å². The van der Waals surface area contributed by atoms with Crippen LogP contribution in [0.2, 0.25) is 0 Å². The van der Waals surface area contributed by atoms with E-state index < -0.39 is 25.9 Å². The molecule has 1 saturated heterocycles. The lowest BCUT2D eigenvalue weighted by molar-refractivity contribution is -0.116. The van der Waals surface area contributed by atoms with Gasteiger partial charge in [-0.3, -0.25) is 23.9 Å². The number of hydrogen-bond donors (Lipinski definition) is 3. The van der Waals surface area contributed by atoms with Crippen LogP contribution in [0.15, 0.2) is 80.6 Å². The Morgan fingerprint density at radius 1 is 1.04 bits per heavy atom. The predicted octanol–water partition coefficient (Wildman–Crippen LogP) is 6.33. The number of carbonyl (C=O) groups is 2. The fourth-order valence-corrected chi connectivity index (χ4v) is 6.38. The molecule has 2 amide bonds. The first-order valence-electron chi connectivity index (χ1n) is 17.4. The highest BCUT2D eigenvalue weighted by Gasteiger charge is 2.37. The number of benzene rings is 2. The van der Waals surface area contributed by atoms with Crippen molar-refractivity contribution in [2.24, 2.45) is 10.2 Å². The number of aromatic amines is 1. The van der Waals surface area contributed by atoms with Crippen LogP contribution in [-0.2, 0) is 18.6 Å². The number of azo groups is 1. The minimum atomic E-state index is -1.24. The number of nitriles is 1. The molecule has 3 aromatic rings. The maximum Gasteiger partial charge on any atom is 0.330 e. The molecule has 0 bridgehead atoms. The fourth-order valence-electron chi connectivity index (χ4n) is 5.37. The third-order valence-corrected chi connectivity index (χ3v) is 9.32. The molecule has 3 N–H and O–H groups in total. The maximum absolute atomic E-state index is 12.7. The molecule has 4 atom stereocenters. The number of nitrogens with zero attached hydrogens (tertiary/aromatic N) is 4. The van der Waals surface area contributed by atoms with Gasteiger partial charge in [-0.15, -0.1) is 0 Å². The summed E-state index contributed by atoms with van der Waals surface area (Å²) in [5.74, 6) is -0.518. The standard InChI is InChI=1S/C37H46N7O7P/c1-4-31-32(51-52(3)49-23-9-20-38)24-34(50-31)44-25-28(36(47)41-37(44)48)14-19-33(45)39-21-7-5-6-8-22-40-35(46)27-12-17-30(18-13-27)43-42-29-15-10-26(2)11-16-29/h10-19,25,31-32,34H,4-9,21-24H2,1-3H3,(H,39,45)(H,40,46)(H,41,47,48)/b19-14+,43-42?/t31-,32-,34-,52?/m1/s1. The number of amides is 2. The molecule has 1 unspecified atom stereocenters. The molecule has 1 fully saturated rings. The number of unbranched alkanes of at least 4 members (excludes halogenated alkanes) is 3. The van der Waals surface area contributed by atoms with Crippen LogP contribution in [-0.4, -0.2) is 59.9 Å². The largest absolute Gasteiger partial charge is 0.353 e. The number of nitrogens with one attached hydrogen (secondary N) is 3. The molecule has 2 heterocycles. The lowest BCUT2D eigenvalue weighted by Gasteiger charge is -2.20. The number of hydrogen-bond acceptors (Lipinski definition) is 10. The Morgan fingerprint density at radius 2 is 1.69 bits per heavy atom. The molecule has 1 aromatic heterocycles. The highest BCUT2D eigenvalue weighted by atomic mass is 31.2. The SMILES string of the molecule is CC[C@H]1O[C@@H](n2cc(/C=C/C(=O)NCCCCCCNC(=O)c3ccc(N=Nc4ccc(C)cc4)cc3)c(=O)[nH]c2=O)C[C@H]1OP(C)OCCC#N. The van der Waals surface area contributed by atoms with Crippen molar-refractivity contribution in [1.29, 1.82) is 5.26 Å². The third-order valence-electron chi connectivity index (χ3n) is 8.21. The molecule has 0 radical (unpaired) electrons. The zero-order valence-corrected chi connectivity index (χ0v) is 30.6. The molecule has 4 rings (SSSR count). The molecular formula is C37H46N7O7P. The second-order valence-electron chi connectivity index (χ2n) is 12.2. The van der Waals surface area contributed by atoms with Crippen molar-refractivity contribution in [2.75, 3.05) is 26.4 Å².